The second kappa shape index (κ2) is 9.18. The molecule has 1 saturated heterocycles. The van der Waals surface area contributed by atoms with Crippen LogP contribution in [0.3, 0.4) is 0 Å². The summed E-state index contributed by atoms with van der Waals surface area (Å²) in [6, 6.07) is 14.3. The Labute approximate surface area is 170 Å². The van der Waals surface area contributed by atoms with Crippen molar-refractivity contribution in [1.82, 2.24) is 30.4 Å². The monoisotopic (exact) mass is 390 g/mol. The van der Waals surface area contributed by atoms with E-state index in [2.05, 4.69) is 60.4 Å². The summed E-state index contributed by atoms with van der Waals surface area (Å²) in [4.78, 5) is 18.2. The zero-order valence-electron chi connectivity index (χ0n) is 16.6. The van der Waals surface area contributed by atoms with Crippen molar-refractivity contribution in [3.8, 4) is 11.4 Å². The van der Waals surface area contributed by atoms with Crippen LogP contribution in [-0.2, 0) is 6.54 Å². The largest absolute Gasteiger partial charge is 0.357 e. The highest BCUT2D eigenvalue weighted by Crippen LogP contribution is 2.16. The van der Waals surface area contributed by atoms with Gasteiger partial charge in [-0.2, -0.15) is 5.10 Å². The lowest BCUT2D eigenvalue weighted by atomic mass is 10.1. The zero-order valence-corrected chi connectivity index (χ0v) is 16.6. The van der Waals surface area contributed by atoms with E-state index in [0.717, 1.165) is 61.5 Å². The van der Waals surface area contributed by atoms with Gasteiger partial charge in [-0.3, -0.25) is 5.10 Å². The van der Waals surface area contributed by atoms with Crippen LogP contribution in [0.2, 0.25) is 0 Å². The second-order valence-electron chi connectivity index (χ2n) is 6.87. The number of piperazine rings is 1. The van der Waals surface area contributed by atoms with Crippen LogP contribution in [0, 0.1) is 0 Å². The molecule has 8 nitrogen and oxygen atoms in total. The van der Waals surface area contributed by atoms with E-state index in [1.54, 1.807) is 0 Å². The Morgan fingerprint density at radius 3 is 2.72 bits per heavy atom. The van der Waals surface area contributed by atoms with Crippen LogP contribution in [0.25, 0.3) is 11.4 Å². The van der Waals surface area contributed by atoms with Crippen LogP contribution < -0.4 is 10.2 Å². The van der Waals surface area contributed by atoms with E-state index in [-0.39, 0.29) is 0 Å². The number of hydrogen-bond acceptors (Lipinski definition) is 5. The second-order valence-corrected chi connectivity index (χ2v) is 6.87. The summed E-state index contributed by atoms with van der Waals surface area (Å²) in [5.74, 6) is 2.77. The highest BCUT2D eigenvalue weighted by molar-refractivity contribution is 5.80. The fourth-order valence-corrected chi connectivity index (χ4v) is 3.44. The zero-order chi connectivity index (χ0) is 19.9. The molecular formula is C21H26N8. The molecule has 1 fully saturated rings. The normalized spacial score (nSPS) is 14.9. The third kappa shape index (κ3) is 4.71. The highest BCUT2D eigenvalue weighted by Gasteiger charge is 2.20. The molecule has 2 N–H and O–H groups in total. The maximum absolute atomic E-state index is 4.88. The molecule has 1 aliphatic rings. The Balaban J connectivity index is 1.41. The van der Waals surface area contributed by atoms with E-state index in [9.17, 15) is 0 Å². The molecule has 3 aromatic rings. The van der Waals surface area contributed by atoms with E-state index >= 15 is 0 Å². The van der Waals surface area contributed by atoms with Crippen LogP contribution in [0.5, 0.6) is 0 Å². The standard InChI is InChI=1S/C21H26N8/c1-2-22-21(29-12-10-28(11-13-29)19-8-3-4-9-23-19)24-15-17-6-5-7-18(14-17)20-25-16-26-27-20/h3-9,14,16H,2,10-13,15H2,1H3,(H,22,24)(H,25,26,27). The van der Waals surface area contributed by atoms with Crippen molar-refractivity contribution < 1.29 is 0 Å². The van der Waals surface area contributed by atoms with Crippen molar-refractivity contribution in [3.63, 3.8) is 0 Å². The molecule has 0 spiro atoms. The molecule has 0 aliphatic carbocycles. The minimum absolute atomic E-state index is 0.616. The summed E-state index contributed by atoms with van der Waals surface area (Å²) in [6.07, 6.45) is 3.37. The Morgan fingerprint density at radius 2 is 2.00 bits per heavy atom. The van der Waals surface area contributed by atoms with E-state index in [0.29, 0.717) is 6.54 Å². The first-order valence-electron chi connectivity index (χ1n) is 9.97. The average Bonchev–Trinajstić information content (AvgIpc) is 3.33. The third-order valence-corrected chi connectivity index (χ3v) is 4.91. The van der Waals surface area contributed by atoms with Crippen molar-refractivity contribution in [1.29, 1.82) is 0 Å². The number of rotatable bonds is 5. The number of anilines is 1. The third-order valence-electron chi connectivity index (χ3n) is 4.91. The average molecular weight is 390 g/mol. The van der Waals surface area contributed by atoms with Gasteiger partial charge < -0.3 is 15.1 Å². The van der Waals surface area contributed by atoms with Crippen molar-refractivity contribution >= 4 is 11.8 Å². The van der Waals surface area contributed by atoms with Gasteiger partial charge in [-0.05, 0) is 30.7 Å². The number of hydrogen-bond donors (Lipinski definition) is 2. The summed E-state index contributed by atoms with van der Waals surface area (Å²) in [6.45, 7) is 7.26. The molecule has 29 heavy (non-hydrogen) atoms. The number of pyridine rings is 1. The number of aromatic nitrogens is 4. The van der Waals surface area contributed by atoms with Gasteiger partial charge in [0.25, 0.3) is 0 Å². The van der Waals surface area contributed by atoms with Crippen molar-refractivity contribution in [2.24, 2.45) is 4.99 Å². The number of nitrogens with one attached hydrogen (secondary N) is 2. The Kier molecular flexibility index (Phi) is 5.99. The molecule has 4 rings (SSSR count). The number of H-pyrrole nitrogens is 1. The van der Waals surface area contributed by atoms with E-state index in [1.165, 1.54) is 6.33 Å². The molecule has 2 aromatic heterocycles. The van der Waals surface area contributed by atoms with E-state index in [4.69, 9.17) is 4.99 Å². The van der Waals surface area contributed by atoms with E-state index in [1.807, 2.05) is 30.5 Å². The maximum atomic E-state index is 4.88. The lowest BCUT2D eigenvalue weighted by Crippen LogP contribution is -2.52. The molecule has 3 heterocycles. The number of guanidine groups is 1. The highest BCUT2D eigenvalue weighted by atomic mass is 15.4. The van der Waals surface area contributed by atoms with Crippen LogP contribution in [0.1, 0.15) is 12.5 Å². The number of aromatic amines is 1. The number of nitrogens with zero attached hydrogens (tertiary/aromatic N) is 6. The number of benzene rings is 1. The van der Waals surface area contributed by atoms with Gasteiger partial charge in [0.15, 0.2) is 11.8 Å². The molecule has 8 heteroatoms. The minimum atomic E-state index is 0.616. The van der Waals surface area contributed by atoms with Crippen molar-refractivity contribution in [2.75, 3.05) is 37.6 Å². The molecule has 0 bridgehead atoms. The first-order chi connectivity index (χ1) is 14.3. The van der Waals surface area contributed by atoms with Crippen molar-refractivity contribution in [3.05, 3.63) is 60.6 Å². The molecule has 0 unspecified atom stereocenters. The predicted octanol–water partition coefficient (Wildman–Crippen LogP) is 2.15. The van der Waals surface area contributed by atoms with Crippen LogP contribution in [0.15, 0.2) is 60.0 Å². The smallest absolute Gasteiger partial charge is 0.194 e. The lowest BCUT2D eigenvalue weighted by Gasteiger charge is -2.37. The Bertz CT molecular complexity index is 915. The Hall–Kier alpha value is -3.42. The minimum Gasteiger partial charge on any atom is -0.357 e. The van der Waals surface area contributed by atoms with Crippen LogP contribution in [-0.4, -0.2) is 63.7 Å². The van der Waals surface area contributed by atoms with Gasteiger partial charge in [0.05, 0.1) is 6.54 Å². The summed E-state index contributed by atoms with van der Waals surface area (Å²) in [5.41, 5.74) is 2.16. The van der Waals surface area contributed by atoms with Crippen molar-refractivity contribution in [2.45, 2.75) is 13.5 Å². The molecule has 1 aliphatic heterocycles. The maximum Gasteiger partial charge on any atom is 0.194 e. The fraction of sp³-hybridized carbons (Fsp3) is 0.333. The molecule has 150 valence electrons. The van der Waals surface area contributed by atoms with Crippen LogP contribution in [0.4, 0.5) is 5.82 Å². The molecule has 1 aromatic carbocycles. The summed E-state index contributed by atoms with van der Waals surface area (Å²) in [7, 11) is 0. The first kappa shape index (κ1) is 18.9. The fourth-order valence-electron chi connectivity index (χ4n) is 3.44. The molecule has 0 atom stereocenters. The summed E-state index contributed by atoms with van der Waals surface area (Å²) >= 11 is 0. The number of aliphatic imine (C=N–C) groups is 1. The van der Waals surface area contributed by atoms with Gasteiger partial charge in [-0.25, -0.2) is 15.0 Å². The van der Waals surface area contributed by atoms with E-state index < -0.39 is 0 Å². The lowest BCUT2D eigenvalue weighted by molar-refractivity contribution is 0.371. The summed E-state index contributed by atoms with van der Waals surface area (Å²) in [5, 5.41) is 10.3. The molecule has 0 saturated carbocycles. The Morgan fingerprint density at radius 1 is 1.10 bits per heavy atom. The van der Waals surface area contributed by atoms with Gasteiger partial charge in [0.1, 0.15) is 12.1 Å². The van der Waals surface area contributed by atoms with Gasteiger partial charge in [0.2, 0.25) is 0 Å². The molecule has 0 radical (unpaired) electrons. The first-order valence-corrected chi connectivity index (χ1v) is 9.97. The van der Waals surface area contributed by atoms with Gasteiger partial charge >= 0.3 is 0 Å². The SMILES string of the molecule is CCNC(=NCc1cccc(-c2ncn[nH]2)c1)N1CCN(c2ccccn2)CC1. The van der Waals surface area contributed by atoms with Crippen LogP contribution >= 0.6 is 0 Å². The molecule has 0 amide bonds. The topological polar surface area (TPSA) is 85.3 Å². The van der Waals surface area contributed by atoms with Gasteiger partial charge in [0, 0.05) is 44.5 Å². The van der Waals surface area contributed by atoms with Gasteiger partial charge in [-0.15, -0.1) is 0 Å². The quantitative estimate of drug-likeness (QED) is 0.513. The predicted molar refractivity (Wildman–Crippen MR) is 115 cm³/mol. The summed E-state index contributed by atoms with van der Waals surface area (Å²) < 4.78 is 0. The van der Waals surface area contributed by atoms with Gasteiger partial charge in [-0.1, -0.05) is 24.3 Å². The molecular weight excluding hydrogens is 364 g/mol.